The number of likely N-dealkylation sites (N-methyl/N-ethyl adjacent to an activating group) is 1. The van der Waals surface area contributed by atoms with Crippen molar-refractivity contribution in [1.82, 2.24) is 19.8 Å². The standard InChI is InChI=1S/C26H29Cl2N5/c1-32-11-13-33(14-12-32)10-4-9-29-26-30-17-19-15-22(18-7-8-23(27)24(28)16-18)20-5-2-3-6-21(20)25(19)31-26/h2-3,5-8,16-17,22H,4,9-15H2,1H3,(H,29,30,31)/t22-/m1/s1. The maximum atomic E-state index is 6.33. The van der Waals surface area contributed by atoms with Crippen LogP contribution in [0, 0.1) is 0 Å². The third kappa shape index (κ3) is 5.02. The Labute approximate surface area is 205 Å². The highest BCUT2D eigenvalue weighted by Crippen LogP contribution is 2.42. The Kier molecular flexibility index (Phi) is 6.84. The first-order valence-electron chi connectivity index (χ1n) is 11.6. The summed E-state index contributed by atoms with van der Waals surface area (Å²) < 4.78 is 0. The van der Waals surface area contributed by atoms with Crippen LogP contribution in [0.4, 0.5) is 5.95 Å². The molecule has 1 atom stereocenters. The number of anilines is 1. The molecule has 0 amide bonds. The predicted molar refractivity (Wildman–Crippen MR) is 137 cm³/mol. The van der Waals surface area contributed by atoms with Crippen molar-refractivity contribution in [3.63, 3.8) is 0 Å². The molecule has 33 heavy (non-hydrogen) atoms. The highest BCUT2D eigenvalue weighted by Gasteiger charge is 2.27. The van der Waals surface area contributed by atoms with E-state index in [1.54, 1.807) is 0 Å². The van der Waals surface area contributed by atoms with Crippen molar-refractivity contribution < 1.29 is 0 Å². The van der Waals surface area contributed by atoms with Crippen LogP contribution in [-0.2, 0) is 6.42 Å². The molecule has 2 aromatic carbocycles. The Hall–Kier alpha value is -2.18. The van der Waals surface area contributed by atoms with Gasteiger partial charge in [0.05, 0.1) is 15.7 Å². The van der Waals surface area contributed by atoms with Crippen molar-refractivity contribution in [2.75, 3.05) is 51.6 Å². The van der Waals surface area contributed by atoms with Gasteiger partial charge < -0.3 is 15.1 Å². The monoisotopic (exact) mass is 481 g/mol. The second-order valence-electron chi connectivity index (χ2n) is 9.01. The van der Waals surface area contributed by atoms with E-state index in [1.807, 2.05) is 18.3 Å². The minimum Gasteiger partial charge on any atom is -0.354 e. The molecule has 5 rings (SSSR count). The number of nitrogens with one attached hydrogen (secondary N) is 1. The van der Waals surface area contributed by atoms with Gasteiger partial charge in [-0.1, -0.05) is 53.5 Å². The van der Waals surface area contributed by atoms with Crippen LogP contribution in [0.2, 0.25) is 10.0 Å². The molecule has 1 aromatic heterocycles. The van der Waals surface area contributed by atoms with E-state index in [9.17, 15) is 0 Å². The van der Waals surface area contributed by atoms with Gasteiger partial charge in [0.25, 0.3) is 0 Å². The summed E-state index contributed by atoms with van der Waals surface area (Å²) in [6, 6.07) is 14.4. The molecular weight excluding hydrogens is 453 g/mol. The highest BCUT2D eigenvalue weighted by atomic mass is 35.5. The lowest BCUT2D eigenvalue weighted by molar-refractivity contribution is 0.154. The average molecular weight is 482 g/mol. The maximum absolute atomic E-state index is 6.33. The van der Waals surface area contributed by atoms with E-state index < -0.39 is 0 Å². The van der Waals surface area contributed by atoms with Crippen molar-refractivity contribution in [3.05, 3.63) is 75.4 Å². The van der Waals surface area contributed by atoms with Gasteiger partial charge in [0.15, 0.2) is 0 Å². The third-order valence-corrected chi connectivity index (χ3v) is 7.50. The SMILES string of the molecule is CN1CCN(CCCNc2ncc3c(n2)-c2ccccc2[C@@H](c2ccc(Cl)c(Cl)c2)C3)CC1. The molecule has 1 aliphatic carbocycles. The van der Waals surface area contributed by atoms with Crippen molar-refractivity contribution >= 4 is 29.2 Å². The number of rotatable bonds is 6. The van der Waals surface area contributed by atoms with Gasteiger partial charge in [-0.2, -0.15) is 0 Å². The zero-order valence-electron chi connectivity index (χ0n) is 18.9. The molecule has 1 aliphatic heterocycles. The van der Waals surface area contributed by atoms with E-state index in [2.05, 4.69) is 57.5 Å². The normalized spacial score (nSPS) is 18.6. The summed E-state index contributed by atoms with van der Waals surface area (Å²) in [6.45, 7) is 6.61. The summed E-state index contributed by atoms with van der Waals surface area (Å²) in [5.41, 5.74) is 5.78. The van der Waals surface area contributed by atoms with E-state index in [0.717, 1.165) is 74.5 Å². The summed E-state index contributed by atoms with van der Waals surface area (Å²) >= 11 is 12.5. The number of piperazine rings is 1. The van der Waals surface area contributed by atoms with Gasteiger partial charge in [0, 0.05) is 50.4 Å². The lowest BCUT2D eigenvalue weighted by atomic mass is 9.78. The molecule has 0 spiro atoms. The van der Waals surface area contributed by atoms with Crippen molar-refractivity contribution in [3.8, 4) is 11.3 Å². The third-order valence-electron chi connectivity index (χ3n) is 6.76. The molecule has 172 valence electrons. The fraction of sp³-hybridized carbons (Fsp3) is 0.385. The number of halogens is 2. The zero-order chi connectivity index (χ0) is 22.8. The lowest BCUT2D eigenvalue weighted by Crippen LogP contribution is -2.44. The Balaban J connectivity index is 1.30. The Morgan fingerprint density at radius 1 is 1.03 bits per heavy atom. The molecule has 0 saturated carbocycles. The van der Waals surface area contributed by atoms with Gasteiger partial charge in [-0.15, -0.1) is 0 Å². The van der Waals surface area contributed by atoms with Gasteiger partial charge in [-0.05, 0) is 55.3 Å². The largest absolute Gasteiger partial charge is 0.354 e. The number of hydrogen-bond acceptors (Lipinski definition) is 5. The molecular formula is C26H29Cl2N5. The lowest BCUT2D eigenvalue weighted by Gasteiger charge is -2.32. The smallest absolute Gasteiger partial charge is 0.223 e. The number of hydrogen-bond donors (Lipinski definition) is 1. The van der Waals surface area contributed by atoms with Crippen LogP contribution in [0.25, 0.3) is 11.3 Å². The van der Waals surface area contributed by atoms with E-state index in [-0.39, 0.29) is 5.92 Å². The predicted octanol–water partition coefficient (Wildman–Crippen LogP) is 5.19. The van der Waals surface area contributed by atoms with Crippen LogP contribution in [0.15, 0.2) is 48.7 Å². The second kappa shape index (κ2) is 9.98. The topological polar surface area (TPSA) is 44.3 Å². The van der Waals surface area contributed by atoms with Crippen LogP contribution >= 0.6 is 23.2 Å². The molecule has 0 unspecified atom stereocenters. The van der Waals surface area contributed by atoms with Crippen LogP contribution in [0.3, 0.4) is 0 Å². The fourth-order valence-corrected chi connectivity index (χ4v) is 5.13. The van der Waals surface area contributed by atoms with E-state index in [4.69, 9.17) is 28.2 Å². The quantitative estimate of drug-likeness (QED) is 0.490. The van der Waals surface area contributed by atoms with Crippen molar-refractivity contribution in [2.24, 2.45) is 0 Å². The summed E-state index contributed by atoms with van der Waals surface area (Å²) in [5, 5.41) is 4.61. The molecule has 3 aromatic rings. The second-order valence-corrected chi connectivity index (χ2v) is 9.82. The minimum atomic E-state index is 0.203. The molecule has 7 heteroatoms. The fourth-order valence-electron chi connectivity index (χ4n) is 4.82. The summed E-state index contributed by atoms with van der Waals surface area (Å²) in [5.74, 6) is 0.907. The summed E-state index contributed by atoms with van der Waals surface area (Å²) in [7, 11) is 2.19. The van der Waals surface area contributed by atoms with Gasteiger partial charge in [0.1, 0.15) is 0 Å². The van der Waals surface area contributed by atoms with Crippen LogP contribution in [0.5, 0.6) is 0 Å². The number of benzene rings is 2. The molecule has 1 saturated heterocycles. The molecule has 2 aliphatic rings. The average Bonchev–Trinajstić information content (AvgIpc) is 2.84. The zero-order valence-corrected chi connectivity index (χ0v) is 20.4. The summed E-state index contributed by atoms with van der Waals surface area (Å²) in [4.78, 5) is 14.5. The van der Waals surface area contributed by atoms with Crippen LogP contribution in [0.1, 0.15) is 29.0 Å². The number of aromatic nitrogens is 2. The minimum absolute atomic E-state index is 0.203. The molecule has 0 bridgehead atoms. The van der Waals surface area contributed by atoms with Crippen LogP contribution in [-0.4, -0.2) is 66.1 Å². The van der Waals surface area contributed by atoms with E-state index in [1.165, 1.54) is 5.56 Å². The van der Waals surface area contributed by atoms with Gasteiger partial charge in [-0.25, -0.2) is 9.97 Å². The van der Waals surface area contributed by atoms with Gasteiger partial charge in [-0.3, -0.25) is 0 Å². The first-order valence-corrected chi connectivity index (χ1v) is 12.4. The van der Waals surface area contributed by atoms with E-state index >= 15 is 0 Å². The molecule has 0 radical (unpaired) electrons. The Bertz CT molecular complexity index is 1130. The van der Waals surface area contributed by atoms with Crippen molar-refractivity contribution in [2.45, 2.75) is 18.8 Å². The maximum Gasteiger partial charge on any atom is 0.223 e. The van der Waals surface area contributed by atoms with E-state index in [0.29, 0.717) is 16.0 Å². The highest BCUT2D eigenvalue weighted by molar-refractivity contribution is 6.42. The molecule has 1 fully saturated rings. The number of nitrogens with zero attached hydrogens (tertiary/aromatic N) is 4. The first kappa shape index (κ1) is 22.6. The summed E-state index contributed by atoms with van der Waals surface area (Å²) in [6.07, 6.45) is 3.90. The van der Waals surface area contributed by atoms with Gasteiger partial charge in [0.2, 0.25) is 5.95 Å². The molecule has 1 N–H and O–H groups in total. The Morgan fingerprint density at radius 3 is 2.67 bits per heavy atom. The molecule has 5 nitrogen and oxygen atoms in total. The van der Waals surface area contributed by atoms with Crippen molar-refractivity contribution in [1.29, 1.82) is 0 Å². The molecule has 2 heterocycles. The van der Waals surface area contributed by atoms with Gasteiger partial charge >= 0.3 is 0 Å². The number of fused-ring (bicyclic) bond motifs is 3. The van der Waals surface area contributed by atoms with Crippen LogP contribution < -0.4 is 5.32 Å². The Morgan fingerprint density at radius 2 is 1.85 bits per heavy atom. The first-order chi connectivity index (χ1) is 16.1.